The van der Waals surface area contributed by atoms with Crippen LogP contribution in [-0.4, -0.2) is 16.7 Å². The van der Waals surface area contributed by atoms with Crippen LogP contribution in [0.25, 0.3) is 0 Å². The number of hydrogen-bond donors (Lipinski definition) is 2. The molecule has 0 amide bonds. The van der Waals surface area contributed by atoms with Crippen molar-refractivity contribution in [1.82, 2.24) is 15.5 Å². The lowest BCUT2D eigenvalue weighted by Crippen LogP contribution is -2.21. The summed E-state index contributed by atoms with van der Waals surface area (Å²) in [5, 5.41) is 10.1. The van der Waals surface area contributed by atoms with E-state index in [0.717, 1.165) is 31.1 Å². The summed E-state index contributed by atoms with van der Waals surface area (Å²) in [5.74, 6) is -1.05. The van der Waals surface area contributed by atoms with Gasteiger partial charge in [0.15, 0.2) is 0 Å². The van der Waals surface area contributed by atoms with Gasteiger partial charge in [0.05, 0.1) is 6.20 Å². The number of aryl methyl sites for hydroxylation is 2. The monoisotopic (exact) mass is 279 g/mol. The molecule has 0 spiro atoms. The summed E-state index contributed by atoms with van der Waals surface area (Å²) in [6.45, 7) is 4.63. The van der Waals surface area contributed by atoms with Gasteiger partial charge in [0.25, 0.3) is 0 Å². The average Bonchev–Trinajstić information content (AvgIpc) is 2.80. The molecule has 0 saturated heterocycles. The van der Waals surface area contributed by atoms with Crippen molar-refractivity contribution in [3.63, 3.8) is 0 Å². The first kappa shape index (κ1) is 14.7. The number of aromatic nitrogens is 2. The van der Waals surface area contributed by atoms with E-state index in [1.807, 2.05) is 20.0 Å². The maximum atomic E-state index is 13.6. The maximum absolute atomic E-state index is 13.6. The SMILES string of the molecule is Cc1[nH]ncc1CCCNC(C)c1ccc(F)cc1F. The lowest BCUT2D eigenvalue weighted by Gasteiger charge is -2.15. The molecule has 0 aliphatic carbocycles. The van der Waals surface area contributed by atoms with E-state index in [4.69, 9.17) is 0 Å². The fourth-order valence-electron chi connectivity index (χ4n) is 2.19. The van der Waals surface area contributed by atoms with Crippen LogP contribution in [-0.2, 0) is 6.42 Å². The summed E-state index contributed by atoms with van der Waals surface area (Å²) >= 11 is 0. The second kappa shape index (κ2) is 6.61. The molecule has 0 radical (unpaired) electrons. The average molecular weight is 279 g/mol. The molecule has 0 aliphatic rings. The highest BCUT2D eigenvalue weighted by atomic mass is 19.1. The van der Waals surface area contributed by atoms with Crippen LogP contribution >= 0.6 is 0 Å². The summed E-state index contributed by atoms with van der Waals surface area (Å²) in [7, 11) is 0. The number of nitrogens with one attached hydrogen (secondary N) is 2. The normalized spacial score (nSPS) is 12.6. The van der Waals surface area contributed by atoms with Crippen molar-refractivity contribution in [2.45, 2.75) is 32.7 Å². The van der Waals surface area contributed by atoms with Gasteiger partial charge in [0, 0.05) is 23.4 Å². The minimum absolute atomic E-state index is 0.138. The number of halogens is 2. The standard InChI is InChI=1S/C15H19F2N3/c1-10-12(9-19-20-10)4-3-7-18-11(2)14-6-5-13(16)8-15(14)17/h5-6,8-9,11,18H,3-4,7H2,1-2H3,(H,19,20). The Morgan fingerprint density at radius 1 is 1.35 bits per heavy atom. The molecular formula is C15H19F2N3. The van der Waals surface area contributed by atoms with Gasteiger partial charge >= 0.3 is 0 Å². The number of nitrogens with zero attached hydrogens (tertiary/aromatic N) is 1. The van der Waals surface area contributed by atoms with Crippen molar-refractivity contribution in [3.05, 3.63) is 52.9 Å². The minimum atomic E-state index is -0.547. The van der Waals surface area contributed by atoms with Gasteiger partial charge < -0.3 is 5.32 Å². The summed E-state index contributed by atoms with van der Waals surface area (Å²) < 4.78 is 26.4. The van der Waals surface area contributed by atoms with Crippen molar-refractivity contribution in [1.29, 1.82) is 0 Å². The van der Waals surface area contributed by atoms with E-state index in [1.54, 1.807) is 0 Å². The highest BCUT2D eigenvalue weighted by Crippen LogP contribution is 2.17. The zero-order chi connectivity index (χ0) is 14.5. The Kier molecular flexibility index (Phi) is 4.84. The summed E-state index contributed by atoms with van der Waals surface area (Å²) in [4.78, 5) is 0. The molecule has 5 heteroatoms. The lowest BCUT2D eigenvalue weighted by atomic mass is 10.1. The molecule has 1 unspecified atom stereocenters. The van der Waals surface area contributed by atoms with Crippen LogP contribution < -0.4 is 5.32 Å². The topological polar surface area (TPSA) is 40.7 Å². The van der Waals surface area contributed by atoms with Gasteiger partial charge in [0.2, 0.25) is 0 Å². The van der Waals surface area contributed by atoms with E-state index in [0.29, 0.717) is 5.56 Å². The Morgan fingerprint density at radius 3 is 2.80 bits per heavy atom. The van der Waals surface area contributed by atoms with Crippen molar-refractivity contribution in [2.24, 2.45) is 0 Å². The number of rotatable bonds is 6. The molecule has 1 aromatic carbocycles. The van der Waals surface area contributed by atoms with Crippen LogP contribution in [0.15, 0.2) is 24.4 Å². The van der Waals surface area contributed by atoms with E-state index < -0.39 is 11.6 Å². The molecule has 1 atom stereocenters. The summed E-state index contributed by atoms with van der Waals surface area (Å²) in [6.07, 6.45) is 3.69. The predicted octanol–water partition coefficient (Wildman–Crippen LogP) is 3.28. The molecule has 0 saturated carbocycles. The van der Waals surface area contributed by atoms with Gasteiger partial charge in [-0.25, -0.2) is 8.78 Å². The lowest BCUT2D eigenvalue weighted by molar-refractivity contribution is 0.512. The van der Waals surface area contributed by atoms with Gasteiger partial charge in [-0.15, -0.1) is 0 Å². The van der Waals surface area contributed by atoms with E-state index in [-0.39, 0.29) is 6.04 Å². The fourth-order valence-corrected chi connectivity index (χ4v) is 2.19. The Balaban J connectivity index is 1.80. The Labute approximate surface area is 117 Å². The second-order valence-corrected chi connectivity index (χ2v) is 4.97. The number of aromatic amines is 1. The first-order chi connectivity index (χ1) is 9.58. The zero-order valence-electron chi connectivity index (χ0n) is 11.7. The van der Waals surface area contributed by atoms with Crippen LogP contribution in [0.4, 0.5) is 8.78 Å². The Hall–Kier alpha value is -1.75. The molecule has 1 aromatic heterocycles. The van der Waals surface area contributed by atoms with E-state index in [2.05, 4.69) is 15.5 Å². The van der Waals surface area contributed by atoms with Crippen molar-refractivity contribution < 1.29 is 8.78 Å². The van der Waals surface area contributed by atoms with Crippen molar-refractivity contribution >= 4 is 0 Å². The third-order valence-corrected chi connectivity index (χ3v) is 3.44. The molecule has 108 valence electrons. The molecule has 0 fully saturated rings. The molecule has 0 bridgehead atoms. The largest absolute Gasteiger partial charge is 0.310 e. The first-order valence-corrected chi connectivity index (χ1v) is 6.75. The van der Waals surface area contributed by atoms with E-state index in [1.165, 1.54) is 17.7 Å². The number of hydrogen-bond acceptors (Lipinski definition) is 2. The van der Waals surface area contributed by atoms with Crippen molar-refractivity contribution in [3.8, 4) is 0 Å². The van der Waals surface area contributed by atoms with Crippen LogP contribution in [0.3, 0.4) is 0 Å². The van der Waals surface area contributed by atoms with Crippen LogP contribution in [0, 0.1) is 18.6 Å². The molecule has 1 heterocycles. The van der Waals surface area contributed by atoms with Crippen LogP contribution in [0.2, 0.25) is 0 Å². The molecule has 2 N–H and O–H groups in total. The molecule has 3 nitrogen and oxygen atoms in total. The molecule has 2 aromatic rings. The third kappa shape index (κ3) is 3.63. The van der Waals surface area contributed by atoms with Gasteiger partial charge in [0.1, 0.15) is 11.6 Å². The van der Waals surface area contributed by atoms with Gasteiger partial charge in [-0.05, 0) is 44.9 Å². The van der Waals surface area contributed by atoms with Crippen molar-refractivity contribution in [2.75, 3.05) is 6.54 Å². The number of H-pyrrole nitrogens is 1. The van der Waals surface area contributed by atoms with Gasteiger partial charge in [-0.1, -0.05) is 6.07 Å². The number of benzene rings is 1. The first-order valence-electron chi connectivity index (χ1n) is 6.75. The molecular weight excluding hydrogens is 260 g/mol. The Bertz CT molecular complexity index is 566. The van der Waals surface area contributed by atoms with E-state index in [9.17, 15) is 8.78 Å². The molecule has 20 heavy (non-hydrogen) atoms. The maximum Gasteiger partial charge on any atom is 0.130 e. The smallest absolute Gasteiger partial charge is 0.130 e. The Morgan fingerprint density at radius 2 is 2.15 bits per heavy atom. The van der Waals surface area contributed by atoms with Crippen LogP contribution in [0.1, 0.15) is 36.2 Å². The second-order valence-electron chi connectivity index (χ2n) is 4.97. The summed E-state index contributed by atoms with van der Waals surface area (Å²) in [6, 6.07) is 3.55. The highest BCUT2D eigenvalue weighted by Gasteiger charge is 2.11. The fraction of sp³-hybridized carbons (Fsp3) is 0.400. The quantitative estimate of drug-likeness (QED) is 0.797. The molecule has 0 aliphatic heterocycles. The van der Waals surface area contributed by atoms with Gasteiger partial charge in [-0.2, -0.15) is 5.10 Å². The highest BCUT2D eigenvalue weighted by molar-refractivity contribution is 5.21. The zero-order valence-corrected chi connectivity index (χ0v) is 11.7. The third-order valence-electron chi connectivity index (χ3n) is 3.44. The minimum Gasteiger partial charge on any atom is -0.310 e. The van der Waals surface area contributed by atoms with E-state index >= 15 is 0 Å². The molecule has 2 rings (SSSR count). The predicted molar refractivity (Wildman–Crippen MR) is 74.4 cm³/mol. The van der Waals surface area contributed by atoms with Gasteiger partial charge in [-0.3, -0.25) is 5.10 Å². The summed E-state index contributed by atoms with van der Waals surface area (Å²) in [5.41, 5.74) is 2.78. The van der Waals surface area contributed by atoms with Crippen LogP contribution in [0.5, 0.6) is 0 Å².